The fourth-order valence-electron chi connectivity index (χ4n) is 3.62. The largest absolute Gasteiger partial charge is 0.417 e. The Morgan fingerprint density at radius 1 is 0.975 bits per heavy atom. The molecule has 0 aliphatic heterocycles. The summed E-state index contributed by atoms with van der Waals surface area (Å²) >= 11 is 5.44. The van der Waals surface area contributed by atoms with E-state index < -0.39 is 87.3 Å². The third-order valence-electron chi connectivity index (χ3n) is 5.80. The van der Waals surface area contributed by atoms with Crippen LogP contribution in [-0.2, 0) is 11.0 Å². The summed E-state index contributed by atoms with van der Waals surface area (Å²) in [5.41, 5.74) is -6.67. The zero-order valence-electron chi connectivity index (χ0n) is 19.6. The Bertz CT molecular complexity index is 1330. The third-order valence-corrected chi connectivity index (χ3v) is 6.11. The maximum atomic E-state index is 14.9. The average molecular weight is 609 g/mol. The molecule has 2 aromatic carbocycles. The van der Waals surface area contributed by atoms with Crippen LogP contribution in [0, 0.1) is 5.82 Å². The Labute approximate surface area is 223 Å². The lowest BCUT2D eigenvalue weighted by molar-refractivity contribution is -0.140. The number of hydrogen-bond donors (Lipinski definition) is 2. The minimum Gasteiger partial charge on any atom is -0.345 e. The van der Waals surface area contributed by atoms with E-state index in [9.17, 15) is 57.9 Å². The molecular weight excluding hydrogens is 593 g/mol. The van der Waals surface area contributed by atoms with Crippen molar-refractivity contribution in [1.29, 1.82) is 0 Å². The molecule has 1 unspecified atom stereocenters. The number of alkyl halides is 9. The number of carbonyl (C=O) groups excluding carboxylic acids is 2. The molecule has 2 amide bonds. The molecule has 0 spiro atoms. The van der Waals surface area contributed by atoms with Crippen molar-refractivity contribution in [3.63, 3.8) is 0 Å². The van der Waals surface area contributed by atoms with E-state index in [1.807, 2.05) is 5.32 Å². The zero-order valence-corrected chi connectivity index (χ0v) is 20.3. The van der Waals surface area contributed by atoms with Crippen LogP contribution < -0.4 is 10.6 Å². The number of amides is 2. The van der Waals surface area contributed by atoms with Gasteiger partial charge >= 0.3 is 18.5 Å². The van der Waals surface area contributed by atoms with Crippen molar-refractivity contribution in [2.75, 3.05) is 6.54 Å². The van der Waals surface area contributed by atoms with Crippen LogP contribution >= 0.6 is 11.6 Å². The van der Waals surface area contributed by atoms with Crippen molar-refractivity contribution in [1.82, 2.24) is 10.6 Å². The van der Waals surface area contributed by atoms with Gasteiger partial charge in [-0.15, -0.1) is 0 Å². The van der Waals surface area contributed by atoms with Gasteiger partial charge in [0.1, 0.15) is 29.6 Å². The highest BCUT2D eigenvalue weighted by atomic mass is 35.5. The van der Waals surface area contributed by atoms with E-state index >= 15 is 0 Å². The van der Waals surface area contributed by atoms with E-state index in [4.69, 9.17) is 11.6 Å². The lowest BCUT2D eigenvalue weighted by Gasteiger charge is -2.20. The lowest BCUT2D eigenvalue weighted by Crippen LogP contribution is -2.51. The molecule has 16 heteroatoms. The van der Waals surface area contributed by atoms with Crippen molar-refractivity contribution < 1.29 is 57.9 Å². The highest BCUT2D eigenvalue weighted by Gasteiger charge is 2.52. The van der Waals surface area contributed by atoms with Crippen molar-refractivity contribution in [3.05, 3.63) is 75.6 Å². The number of rotatable bonds is 7. The van der Waals surface area contributed by atoms with Crippen molar-refractivity contribution >= 4 is 29.2 Å². The van der Waals surface area contributed by atoms with Gasteiger partial charge in [-0.05, 0) is 48.7 Å². The Kier molecular flexibility index (Phi) is 8.49. The van der Waals surface area contributed by atoms with Crippen LogP contribution in [0.15, 0.2) is 42.5 Å². The predicted molar refractivity (Wildman–Crippen MR) is 119 cm³/mol. The topological polar surface area (TPSA) is 58.2 Å². The van der Waals surface area contributed by atoms with Crippen molar-refractivity contribution in [2.45, 2.75) is 42.8 Å². The normalized spacial score (nSPS) is 16.4. The van der Waals surface area contributed by atoms with Gasteiger partial charge in [0.2, 0.25) is 5.91 Å². The van der Waals surface area contributed by atoms with E-state index in [2.05, 4.69) is 0 Å². The molecule has 1 atom stereocenters. The second-order valence-electron chi connectivity index (χ2n) is 8.80. The van der Waals surface area contributed by atoms with Crippen LogP contribution in [0.25, 0.3) is 5.83 Å². The summed E-state index contributed by atoms with van der Waals surface area (Å²) in [4.78, 5) is 24.7. The van der Waals surface area contributed by atoms with Crippen LogP contribution in [0.3, 0.4) is 0 Å². The Morgan fingerprint density at radius 2 is 1.60 bits per heavy atom. The Hall–Kier alpha value is -3.36. The highest BCUT2D eigenvalue weighted by Crippen LogP contribution is 2.41. The lowest BCUT2D eigenvalue weighted by atomic mass is 9.95. The zero-order chi connectivity index (χ0) is 30.3. The number of carbonyl (C=O) groups is 2. The number of halogens is 12. The van der Waals surface area contributed by atoms with E-state index in [1.165, 1.54) is 5.32 Å². The van der Waals surface area contributed by atoms with Gasteiger partial charge in [0.05, 0.1) is 16.1 Å². The molecule has 3 rings (SSSR count). The van der Waals surface area contributed by atoms with Crippen LogP contribution in [0.5, 0.6) is 0 Å². The minimum absolute atomic E-state index is 0.0555. The third kappa shape index (κ3) is 7.43. The maximum Gasteiger partial charge on any atom is 0.417 e. The molecule has 1 saturated carbocycles. The van der Waals surface area contributed by atoms with Gasteiger partial charge in [0.15, 0.2) is 0 Å². The summed E-state index contributed by atoms with van der Waals surface area (Å²) in [6, 6.07) is 2.98. The van der Waals surface area contributed by atoms with Crippen LogP contribution in [0.1, 0.15) is 45.8 Å². The van der Waals surface area contributed by atoms with Gasteiger partial charge in [0.25, 0.3) is 5.91 Å². The molecule has 0 radical (unpaired) electrons. The highest BCUT2D eigenvalue weighted by molar-refractivity contribution is 6.30. The van der Waals surface area contributed by atoms with Gasteiger partial charge in [-0.1, -0.05) is 23.7 Å². The summed E-state index contributed by atoms with van der Waals surface area (Å²) in [5, 5.41) is 2.94. The molecule has 40 heavy (non-hydrogen) atoms. The molecule has 0 saturated heterocycles. The molecule has 1 aliphatic rings. The molecular formula is C24H16ClF11N2O2. The number of benzene rings is 2. The molecule has 1 aliphatic carbocycles. The molecule has 2 aromatic rings. The molecule has 0 aromatic heterocycles. The summed E-state index contributed by atoms with van der Waals surface area (Å²) in [6.07, 6.45) is -15.8. The maximum absolute atomic E-state index is 14.9. The molecule has 1 fully saturated rings. The molecule has 2 N–H and O–H groups in total. The summed E-state index contributed by atoms with van der Waals surface area (Å²) in [5.74, 6) is -8.65. The smallest absolute Gasteiger partial charge is 0.345 e. The van der Waals surface area contributed by atoms with Crippen LogP contribution in [0.2, 0.25) is 5.02 Å². The monoisotopic (exact) mass is 608 g/mol. The summed E-state index contributed by atoms with van der Waals surface area (Å²) in [7, 11) is 0. The first-order valence-electron chi connectivity index (χ1n) is 11.0. The molecule has 0 bridgehead atoms. The van der Waals surface area contributed by atoms with Gasteiger partial charge < -0.3 is 10.6 Å². The molecule has 0 heterocycles. The number of hydrogen-bond acceptors (Lipinski definition) is 2. The van der Waals surface area contributed by atoms with Gasteiger partial charge in [-0.25, -0.2) is 8.78 Å². The first kappa shape index (κ1) is 31.2. The van der Waals surface area contributed by atoms with Gasteiger partial charge in [-0.3, -0.25) is 9.59 Å². The Balaban J connectivity index is 1.94. The van der Waals surface area contributed by atoms with Gasteiger partial charge in [0, 0.05) is 5.56 Å². The van der Waals surface area contributed by atoms with E-state index in [-0.39, 0.29) is 25.0 Å². The summed E-state index contributed by atoms with van der Waals surface area (Å²) < 4.78 is 148. The standard InChI is InChI=1S/C24H16ClF11N2O2/c25-16-4-2-11(8-18(16)27)14(23(31,32)33)9-17(26)12-1-3-13(15(7-12)24(34,35)36)19(39)38-21(5-6-21)20(40)37-10-22(28,29)30/h1-4,7-9,14H,5-6,10H2,(H,37,40)(H,38,39)/b17-9-. The second-order valence-corrected chi connectivity index (χ2v) is 9.21. The van der Waals surface area contributed by atoms with Crippen molar-refractivity contribution in [2.24, 2.45) is 0 Å². The quantitative estimate of drug-likeness (QED) is 0.330. The number of nitrogens with one attached hydrogen (secondary N) is 2. The Morgan fingerprint density at radius 3 is 2.10 bits per heavy atom. The van der Waals surface area contributed by atoms with E-state index in [0.717, 1.165) is 12.1 Å². The van der Waals surface area contributed by atoms with Crippen LogP contribution in [0.4, 0.5) is 48.3 Å². The fourth-order valence-corrected chi connectivity index (χ4v) is 3.74. The van der Waals surface area contributed by atoms with Gasteiger partial charge in [-0.2, -0.15) is 39.5 Å². The van der Waals surface area contributed by atoms with Crippen molar-refractivity contribution in [3.8, 4) is 0 Å². The fraction of sp³-hybridized carbons (Fsp3) is 0.333. The first-order chi connectivity index (χ1) is 18.2. The average Bonchev–Trinajstić information content (AvgIpc) is 3.61. The number of allylic oxidation sites excluding steroid dienone is 1. The first-order valence-corrected chi connectivity index (χ1v) is 11.4. The molecule has 4 nitrogen and oxygen atoms in total. The predicted octanol–water partition coefficient (Wildman–Crippen LogP) is 7.10. The minimum atomic E-state index is -5.35. The summed E-state index contributed by atoms with van der Waals surface area (Å²) in [6.45, 7) is -1.75. The van der Waals surface area contributed by atoms with E-state index in [1.54, 1.807) is 0 Å². The second kappa shape index (κ2) is 10.9. The SMILES string of the molecule is O=C(NC1(C(=O)NCC(F)(F)F)CC1)c1ccc(/C(F)=C/C(c2ccc(Cl)c(F)c2)C(F)(F)F)cc1C(F)(F)F. The van der Waals surface area contributed by atoms with Crippen LogP contribution in [-0.4, -0.2) is 36.3 Å². The molecule has 218 valence electrons. The van der Waals surface area contributed by atoms with E-state index in [0.29, 0.717) is 18.2 Å².